The fourth-order valence-corrected chi connectivity index (χ4v) is 6.44. The van der Waals surface area contributed by atoms with Gasteiger partial charge in [0.15, 0.2) is 17.1 Å². The molecule has 4 heterocycles. The molecule has 2 amide bonds. The molecule has 17 heteroatoms. The van der Waals surface area contributed by atoms with Crippen molar-refractivity contribution in [1.82, 2.24) is 19.8 Å². The fraction of sp³-hybridized carbons (Fsp3) is 0.263. The zero-order chi connectivity index (χ0) is 39.7. The number of carbonyl (C=O) groups excluding carboxylic acids is 2. The number of nitrogens with two attached hydrogens (primary N) is 1. The van der Waals surface area contributed by atoms with Crippen molar-refractivity contribution in [3.05, 3.63) is 106 Å². The molecule has 2 N–H and O–H groups in total. The standard InChI is InChI=1S/C19H15ClF2N2O2.C18H14ClF2N3O2.CH2Cl2/c1-2-16-23-15-8-13(7-14(20)17(15)26-16)11-3-5-12(6-4-11)18(25)24-9-19(21,22)10-24;19-13-5-12(6-14-16(13)26-15(7-22)23-14)10-1-3-11(4-2-10)17(25)24-8-18(20,21)9-24;2-1-3/h3-8H,2,9-10H2,1H3;1-6H,7-9,22H2;1H2. The quantitative estimate of drug-likeness (QED) is 0.131. The Morgan fingerprint density at radius 1 is 0.673 bits per heavy atom. The summed E-state index contributed by atoms with van der Waals surface area (Å²) >= 11 is 22.1. The maximum Gasteiger partial charge on any atom is 0.282 e. The monoisotopic (exact) mass is 837 g/mol. The SMILES string of the molecule is CCc1nc2cc(-c3ccc(C(=O)N4CC(F)(F)C4)cc3)cc(Cl)c2o1.ClCCl.NCc1nc2cc(-c3ccc(C(=O)N4CC(F)(F)C4)cc3)cc(Cl)c2o1. The van der Waals surface area contributed by atoms with Gasteiger partial charge in [-0.25, -0.2) is 27.5 Å². The lowest BCUT2D eigenvalue weighted by Crippen LogP contribution is -2.58. The highest BCUT2D eigenvalue weighted by atomic mass is 35.5. The zero-order valence-electron chi connectivity index (χ0n) is 28.9. The van der Waals surface area contributed by atoms with Gasteiger partial charge in [0.05, 0.1) is 48.1 Å². The van der Waals surface area contributed by atoms with E-state index in [1.54, 1.807) is 60.7 Å². The number of nitrogens with zero attached hydrogens (tertiary/aromatic N) is 4. The molecule has 55 heavy (non-hydrogen) atoms. The van der Waals surface area contributed by atoms with E-state index in [4.69, 9.17) is 61.0 Å². The summed E-state index contributed by atoms with van der Waals surface area (Å²) in [4.78, 5) is 35.3. The van der Waals surface area contributed by atoms with Gasteiger partial charge in [-0.2, -0.15) is 0 Å². The van der Waals surface area contributed by atoms with Crippen LogP contribution in [0.15, 0.2) is 81.6 Å². The first kappa shape index (κ1) is 40.3. The molecule has 8 rings (SSSR count). The molecule has 2 aliphatic heterocycles. The van der Waals surface area contributed by atoms with Crippen molar-refractivity contribution >= 4 is 80.4 Å². The number of rotatable bonds is 6. The van der Waals surface area contributed by atoms with E-state index in [9.17, 15) is 27.2 Å². The number of benzene rings is 4. The van der Waals surface area contributed by atoms with Crippen LogP contribution in [0, 0.1) is 0 Å². The van der Waals surface area contributed by atoms with Gasteiger partial charge in [0.1, 0.15) is 11.0 Å². The molecule has 4 aromatic carbocycles. The molecular formula is C38H31Cl4F4N5O4. The first-order valence-electron chi connectivity index (χ1n) is 16.7. The number of oxazole rings is 2. The van der Waals surface area contributed by atoms with Gasteiger partial charge in [-0.15, -0.1) is 23.2 Å². The molecule has 0 radical (unpaired) electrons. The second kappa shape index (κ2) is 16.4. The maximum atomic E-state index is 12.9. The molecule has 2 aromatic heterocycles. The van der Waals surface area contributed by atoms with Crippen molar-refractivity contribution in [1.29, 1.82) is 0 Å². The number of amides is 2. The molecule has 288 valence electrons. The number of fused-ring (bicyclic) bond motifs is 2. The molecular weight excluding hydrogens is 808 g/mol. The van der Waals surface area contributed by atoms with E-state index in [1.165, 1.54) is 0 Å². The van der Waals surface area contributed by atoms with Crippen LogP contribution < -0.4 is 5.73 Å². The van der Waals surface area contributed by atoms with Crippen LogP contribution in [-0.2, 0) is 13.0 Å². The minimum absolute atomic E-state index is 0.173. The number of hydrogen-bond donors (Lipinski definition) is 1. The molecule has 0 unspecified atom stereocenters. The predicted octanol–water partition coefficient (Wildman–Crippen LogP) is 9.92. The van der Waals surface area contributed by atoms with E-state index in [0.717, 1.165) is 32.1 Å². The number of alkyl halides is 6. The highest BCUT2D eigenvalue weighted by molar-refractivity contribution is 6.40. The molecule has 0 spiro atoms. The number of halogens is 8. The summed E-state index contributed by atoms with van der Waals surface area (Å²) in [6.07, 6.45) is 0.673. The van der Waals surface area contributed by atoms with Crippen molar-refractivity contribution in [2.45, 2.75) is 31.7 Å². The number of hydrogen-bond acceptors (Lipinski definition) is 7. The smallest absolute Gasteiger partial charge is 0.282 e. The minimum atomic E-state index is -2.78. The Hall–Kier alpha value is -4.40. The van der Waals surface area contributed by atoms with Crippen LogP contribution in [0.5, 0.6) is 0 Å². The predicted molar refractivity (Wildman–Crippen MR) is 204 cm³/mol. The lowest BCUT2D eigenvalue weighted by atomic mass is 10.0. The summed E-state index contributed by atoms with van der Waals surface area (Å²) < 4.78 is 62.7. The summed E-state index contributed by atoms with van der Waals surface area (Å²) in [5, 5.41) is 1.07. The van der Waals surface area contributed by atoms with E-state index < -0.39 is 43.9 Å². The summed E-state index contributed by atoms with van der Waals surface area (Å²) in [7, 11) is 0. The van der Waals surface area contributed by atoms with Gasteiger partial charge in [0.2, 0.25) is 5.89 Å². The third-order valence-corrected chi connectivity index (χ3v) is 9.21. The van der Waals surface area contributed by atoms with Crippen LogP contribution in [-0.4, -0.2) is 74.9 Å². The average Bonchev–Trinajstić information content (AvgIpc) is 3.78. The van der Waals surface area contributed by atoms with E-state index in [0.29, 0.717) is 61.6 Å². The van der Waals surface area contributed by atoms with Gasteiger partial charge in [0.25, 0.3) is 23.7 Å². The number of aromatic nitrogens is 2. The molecule has 9 nitrogen and oxygen atoms in total. The van der Waals surface area contributed by atoms with Gasteiger partial charge < -0.3 is 24.4 Å². The van der Waals surface area contributed by atoms with Crippen LogP contribution in [0.25, 0.3) is 44.5 Å². The number of aryl methyl sites for hydroxylation is 1. The number of carbonyl (C=O) groups is 2. The highest BCUT2D eigenvalue weighted by Crippen LogP contribution is 2.34. The van der Waals surface area contributed by atoms with Crippen molar-refractivity contribution in [3.8, 4) is 22.3 Å². The second-order valence-corrected chi connectivity index (χ2v) is 14.3. The Labute approximate surface area is 331 Å². The van der Waals surface area contributed by atoms with E-state index in [1.807, 2.05) is 19.1 Å². The minimum Gasteiger partial charge on any atom is -0.439 e. The van der Waals surface area contributed by atoms with Crippen molar-refractivity contribution in [3.63, 3.8) is 0 Å². The Morgan fingerprint density at radius 3 is 1.38 bits per heavy atom. The fourth-order valence-electron chi connectivity index (χ4n) is 5.94. The second-order valence-electron chi connectivity index (χ2n) is 12.7. The molecule has 2 aliphatic rings. The van der Waals surface area contributed by atoms with Crippen molar-refractivity contribution < 1.29 is 36.0 Å². The molecule has 0 atom stereocenters. The lowest BCUT2D eigenvalue weighted by molar-refractivity contribution is -0.113. The Bertz CT molecular complexity index is 2170. The van der Waals surface area contributed by atoms with Gasteiger partial charge in [0, 0.05) is 17.5 Å². The molecule has 0 bridgehead atoms. The summed E-state index contributed by atoms with van der Waals surface area (Å²) in [5.41, 5.74) is 11.9. The maximum absolute atomic E-state index is 12.9. The number of likely N-dealkylation sites (tertiary alicyclic amines) is 2. The van der Waals surface area contributed by atoms with Crippen LogP contribution in [0.4, 0.5) is 17.6 Å². The average molecular weight is 840 g/mol. The molecule has 6 aromatic rings. The van der Waals surface area contributed by atoms with Crippen LogP contribution >= 0.6 is 46.4 Å². The summed E-state index contributed by atoms with van der Waals surface area (Å²) in [6, 6.07) is 20.7. The van der Waals surface area contributed by atoms with Gasteiger partial charge in [-0.1, -0.05) is 54.4 Å². The Kier molecular flexibility index (Phi) is 12.0. The molecule has 2 saturated heterocycles. The summed E-state index contributed by atoms with van der Waals surface area (Å²) in [6.45, 7) is 0.0124. The largest absolute Gasteiger partial charge is 0.439 e. The van der Waals surface area contributed by atoms with Gasteiger partial charge >= 0.3 is 0 Å². The first-order chi connectivity index (χ1) is 26.1. The van der Waals surface area contributed by atoms with Gasteiger partial charge in [-0.3, -0.25) is 9.59 Å². The molecule has 2 fully saturated rings. The van der Waals surface area contributed by atoms with Gasteiger partial charge in [-0.05, 0) is 70.8 Å². The Morgan fingerprint density at radius 2 is 1.04 bits per heavy atom. The topological polar surface area (TPSA) is 119 Å². The Balaban J connectivity index is 0.000000175. The van der Waals surface area contributed by atoms with E-state index >= 15 is 0 Å². The van der Waals surface area contributed by atoms with E-state index in [-0.39, 0.29) is 17.8 Å². The zero-order valence-corrected chi connectivity index (χ0v) is 31.9. The molecule has 0 aliphatic carbocycles. The first-order valence-corrected chi connectivity index (χ1v) is 18.5. The van der Waals surface area contributed by atoms with Crippen LogP contribution in [0.1, 0.15) is 39.4 Å². The third kappa shape index (κ3) is 9.02. The lowest BCUT2D eigenvalue weighted by Gasteiger charge is -2.38. The van der Waals surface area contributed by atoms with Crippen molar-refractivity contribution in [2.24, 2.45) is 5.73 Å². The van der Waals surface area contributed by atoms with E-state index in [2.05, 4.69) is 9.97 Å². The van der Waals surface area contributed by atoms with Crippen LogP contribution in [0.3, 0.4) is 0 Å². The highest BCUT2D eigenvalue weighted by Gasteiger charge is 2.47. The summed E-state index contributed by atoms with van der Waals surface area (Å²) in [5.74, 6) is -5.32. The molecule has 0 saturated carbocycles. The normalized spacial score (nSPS) is 15.4. The van der Waals surface area contributed by atoms with Crippen molar-refractivity contribution in [2.75, 3.05) is 31.5 Å². The van der Waals surface area contributed by atoms with Crippen LogP contribution in [0.2, 0.25) is 10.0 Å². The third-order valence-electron chi connectivity index (χ3n) is 8.65.